The Balaban J connectivity index is 1.48. The molecule has 0 aliphatic heterocycles. The molecule has 2 aromatic carbocycles. The van der Waals surface area contributed by atoms with E-state index < -0.39 is 5.97 Å². The Hall–Kier alpha value is -3.19. The first kappa shape index (κ1) is 21.5. The number of ether oxygens (including phenoxy) is 2. The van der Waals surface area contributed by atoms with Crippen LogP contribution in [0.15, 0.2) is 60.0 Å². The summed E-state index contributed by atoms with van der Waals surface area (Å²) in [7, 11) is 1.70. The maximum Gasteiger partial charge on any atom is 0.338 e. The van der Waals surface area contributed by atoms with E-state index in [-0.39, 0.29) is 18.6 Å². The van der Waals surface area contributed by atoms with Gasteiger partial charge in [0.05, 0.1) is 22.3 Å². The predicted octanol–water partition coefficient (Wildman–Crippen LogP) is 4.41. The molecule has 0 bridgehead atoms. The van der Waals surface area contributed by atoms with E-state index in [0.717, 1.165) is 16.3 Å². The van der Waals surface area contributed by atoms with E-state index in [2.05, 4.69) is 4.98 Å². The van der Waals surface area contributed by atoms with Gasteiger partial charge in [-0.1, -0.05) is 30.3 Å². The van der Waals surface area contributed by atoms with Gasteiger partial charge in [0.1, 0.15) is 12.4 Å². The Bertz CT molecular complexity index is 986. The van der Waals surface area contributed by atoms with Crippen molar-refractivity contribution in [1.82, 2.24) is 9.88 Å². The quantitative estimate of drug-likeness (QED) is 0.501. The van der Waals surface area contributed by atoms with Gasteiger partial charge in [-0.15, -0.1) is 11.3 Å². The summed E-state index contributed by atoms with van der Waals surface area (Å²) in [6.07, 6.45) is 0. The standard InChI is InChI=1S/C23H24N2O4S/c1-16(18-7-5-4-6-8-18)25(3)22(26)14-29-23(27)19-9-11-21(12-10-19)28-13-20-15-30-17(2)24-20/h4-12,15-16H,13-14H2,1-3H3. The highest BCUT2D eigenvalue weighted by Crippen LogP contribution is 2.19. The summed E-state index contributed by atoms with van der Waals surface area (Å²) in [4.78, 5) is 30.6. The van der Waals surface area contributed by atoms with Crippen molar-refractivity contribution >= 4 is 23.2 Å². The van der Waals surface area contributed by atoms with Crippen LogP contribution in [-0.4, -0.2) is 35.4 Å². The topological polar surface area (TPSA) is 68.7 Å². The van der Waals surface area contributed by atoms with Crippen LogP contribution in [0.1, 0.15) is 39.6 Å². The second-order valence-corrected chi connectivity index (χ2v) is 7.90. The lowest BCUT2D eigenvalue weighted by Gasteiger charge is -2.25. The lowest BCUT2D eigenvalue weighted by Crippen LogP contribution is -2.33. The van der Waals surface area contributed by atoms with Gasteiger partial charge < -0.3 is 14.4 Å². The van der Waals surface area contributed by atoms with Crippen molar-refractivity contribution in [1.29, 1.82) is 0 Å². The number of aryl methyl sites for hydroxylation is 1. The number of hydrogen-bond donors (Lipinski definition) is 0. The highest BCUT2D eigenvalue weighted by molar-refractivity contribution is 7.09. The van der Waals surface area contributed by atoms with Gasteiger partial charge in [-0.05, 0) is 43.7 Å². The molecule has 1 amide bonds. The van der Waals surface area contributed by atoms with Crippen molar-refractivity contribution in [3.8, 4) is 5.75 Å². The van der Waals surface area contributed by atoms with Gasteiger partial charge in [0.2, 0.25) is 0 Å². The van der Waals surface area contributed by atoms with Gasteiger partial charge in [0.25, 0.3) is 5.91 Å². The highest BCUT2D eigenvalue weighted by atomic mass is 32.1. The van der Waals surface area contributed by atoms with Crippen molar-refractivity contribution in [2.24, 2.45) is 0 Å². The van der Waals surface area contributed by atoms with Crippen LogP contribution in [0, 0.1) is 6.92 Å². The molecule has 3 rings (SSSR count). The van der Waals surface area contributed by atoms with E-state index in [1.807, 2.05) is 49.6 Å². The summed E-state index contributed by atoms with van der Waals surface area (Å²) in [6.45, 7) is 3.93. The summed E-state index contributed by atoms with van der Waals surface area (Å²) < 4.78 is 10.9. The average Bonchev–Trinajstić information content (AvgIpc) is 3.20. The number of rotatable bonds is 8. The Kier molecular flexibility index (Phi) is 7.19. The average molecular weight is 425 g/mol. The number of esters is 1. The second kappa shape index (κ2) is 10.0. The molecule has 3 aromatic rings. The van der Waals surface area contributed by atoms with E-state index in [9.17, 15) is 9.59 Å². The maximum absolute atomic E-state index is 12.4. The van der Waals surface area contributed by atoms with Crippen molar-refractivity contribution in [2.75, 3.05) is 13.7 Å². The highest BCUT2D eigenvalue weighted by Gasteiger charge is 2.19. The van der Waals surface area contributed by atoms with Crippen LogP contribution in [0.2, 0.25) is 0 Å². The van der Waals surface area contributed by atoms with Crippen LogP contribution < -0.4 is 4.74 Å². The summed E-state index contributed by atoms with van der Waals surface area (Å²) in [5.74, 6) is -0.186. The zero-order chi connectivity index (χ0) is 21.5. The molecule has 1 heterocycles. The Labute approximate surface area is 180 Å². The number of amides is 1. The van der Waals surface area contributed by atoms with Crippen molar-refractivity contribution in [2.45, 2.75) is 26.5 Å². The van der Waals surface area contributed by atoms with E-state index in [0.29, 0.717) is 17.9 Å². The number of hydrogen-bond acceptors (Lipinski definition) is 6. The summed E-state index contributed by atoms with van der Waals surface area (Å²) >= 11 is 1.57. The second-order valence-electron chi connectivity index (χ2n) is 6.84. The third kappa shape index (κ3) is 5.67. The van der Waals surface area contributed by atoms with Crippen molar-refractivity contribution < 1.29 is 19.1 Å². The fourth-order valence-corrected chi connectivity index (χ4v) is 3.40. The maximum atomic E-state index is 12.4. The molecule has 30 heavy (non-hydrogen) atoms. The molecular formula is C23H24N2O4S. The summed E-state index contributed by atoms with van der Waals surface area (Å²) in [5, 5.41) is 2.94. The minimum atomic E-state index is -0.550. The lowest BCUT2D eigenvalue weighted by atomic mass is 10.1. The molecule has 6 nitrogen and oxygen atoms in total. The molecule has 0 spiro atoms. The smallest absolute Gasteiger partial charge is 0.338 e. The minimum Gasteiger partial charge on any atom is -0.487 e. The van der Waals surface area contributed by atoms with E-state index in [4.69, 9.17) is 9.47 Å². The number of carbonyl (C=O) groups excluding carboxylic acids is 2. The van der Waals surface area contributed by atoms with E-state index in [1.165, 1.54) is 0 Å². The van der Waals surface area contributed by atoms with Crippen LogP contribution in [-0.2, 0) is 16.1 Å². The normalized spacial score (nSPS) is 11.6. The minimum absolute atomic E-state index is 0.115. The number of benzene rings is 2. The van der Waals surface area contributed by atoms with Crippen LogP contribution in [0.4, 0.5) is 0 Å². The molecule has 0 aliphatic carbocycles. The van der Waals surface area contributed by atoms with Crippen LogP contribution in [0.5, 0.6) is 5.75 Å². The molecule has 1 unspecified atom stereocenters. The largest absolute Gasteiger partial charge is 0.487 e. The molecule has 1 aromatic heterocycles. The molecule has 0 aliphatic rings. The van der Waals surface area contributed by atoms with Gasteiger partial charge in [-0.25, -0.2) is 9.78 Å². The molecule has 0 fully saturated rings. The molecule has 156 valence electrons. The lowest BCUT2D eigenvalue weighted by molar-refractivity contribution is -0.135. The number of carbonyl (C=O) groups is 2. The summed E-state index contributed by atoms with van der Waals surface area (Å²) in [5.41, 5.74) is 2.25. The molecule has 0 saturated carbocycles. The SMILES string of the molecule is Cc1nc(COc2ccc(C(=O)OCC(=O)N(C)C(C)c3ccccc3)cc2)cs1. The molecule has 0 N–H and O–H groups in total. The zero-order valence-corrected chi connectivity index (χ0v) is 18.0. The molecule has 0 saturated heterocycles. The van der Waals surface area contributed by atoms with Gasteiger partial charge in [-0.2, -0.15) is 0 Å². The monoisotopic (exact) mass is 424 g/mol. The van der Waals surface area contributed by atoms with Gasteiger partial charge in [0, 0.05) is 12.4 Å². The number of aromatic nitrogens is 1. The van der Waals surface area contributed by atoms with Gasteiger partial charge in [-0.3, -0.25) is 4.79 Å². The molecule has 0 radical (unpaired) electrons. The molecule has 1 atom stereocenters. The molecular weight excluding hydrogens is 400 g/mol. The third-order valence-electron chi connectivity index (χ3n) is 4.73. The van der Waals surface area contributed by atoms with Crippen molar-refractivity contribution in [3.63, 3.8) is 0 Å². The third-order valence-corrected chi connectivity index (χ3v) is 5.55. The van der Waals surface area contributed by atoms with Gasteiger partial charge >= 0.3 is 5.97 Å². The summed E-state index contributed by atoms with van der Waals surface area (Å²) in [6, 6.07) is 16.2. The van der Waals surface area contributed by atoms with Crippen LogP contribution in [0.25, 0.3) is 0 Å². The zero-order valence-electron chi connectivity index (χ0n) is 17.2. The predicted molar refractivity (Wildman–Crippen MR) is 116 cm³/mol. The van der Waals surface area contributed by atoms with Crippen LogP contribution >= 0.6 is 11.3 Å². The fraction of sp³-hybridized carbons (Fsp3) is 0.261. The Morgan fingerprint density at radius 2 is 1.80 bits per heavy atom. The van der Waals surface area contributed by atoms with Crippen LogP contribution in [0.3, 0.4) is 0 Å². The fourth-order valence-electron chi connectivity index (χ4n) is 2.80. The van der Waals surface area contributed by atoms with Crippen molar-refractivity contribution in [3.05, 3.63) is 81.8 Å². The number of likely N-dealkylation sites (N-methyl/N-ethyl adjacent to an activating group) is 1. The number of thiazole rings is 1. The first-order valence-electron chi connectivity index (χ1n) is 9.55. The van der Waals surface area contributed by atoms with Gasteiger partial charge in [0.15, 0.2) is 6.61 Å². The molecule has 7 heteroatoms. The number of nitrogens with zero attached hydrogens (tertiary/aromatic N) is 2. The first-order chi connectivity index (χ1) is 14.4. The Morgan fingerprint density at radius 3 is 2.43 bits per heavy atom. The van der Waals surface area contributed by atoms with E-state index in [1.54, 1.807) is 47.5 Å². The Morgan fingerprint density at radius 1 is 1.10 bits per heavy atom. The first-order valence-corrected chi connectivity index (χ1v) is 10.4. The van der Waals surface area contributed by atoms with E-state index >= 15 is 0 Å².